The van der Waals surface area contributed by atoms with Crippen LogP contribution >= 0.6 is 0 Å². The molecule has 2 atom stereocenters. The molecule has 0 bridgehead atoms. The molecule has 4 amide bonds. The molecule has 0 saturated carbocycles. The Balaban J connectivity index is 1.07. The molecule has 220 valence electrons. The number of carbonyl (C=O) groups is 2. The maximum Gasteiger partial charge on any atom is 0.322 e. The van der Waals surface area contributed by atoms with E-state index in [0.717, 1.165) is 40.7 Å². The van der Waals surface area contributed by atoms with Crippen LogP contribution in [0.15, 0.2) is 85.2 Å². The molecule has 7 rings (SSSR count). The third kappa shape index (κ3) is 5.09. The van der Waals surface area contributed by atoms with Gasteiger partial charge in [-0.15, -0.1) is 0 Å². The summed E-state index contributed by atoms with van der Waals surface area (Å²) in [5.41, 5.74) is 7.52. The fourth-order valence-corrected chi connectivity index (χ4v) is 6.88. The zero-order chi connectivity index (χ0) is 29.5. The van der Waals surface area contributed by atoms with E-state index in [9.17, 15) is 9.59 Å². The van der Waals surface area contributed by atoms with Gasteiger partial charge in [0.05, 0.1) is 23.8 Å². The Morgan fingerprint density at radius 3 is 2.58 bits per heavy atom. The predicted molar refractivity (Wildman–Crippen MR) is 167 cm³/mol. The molecule has 3 aliphatic rings. The number of aromatic nitrogens is 2. The van der Waals surface area contributed by atoms with Crippen molar-refractivity contribution in [2.75, 3.05) is 18.4 Å². The Kier molecular flexibility index (Phi) is 7.01. The Morgan fingerprint density at radius 1 is 1.00 bits per heavy atom. The van der Waals surface area contributed by atoms with Gasteiger partial charge in [0.15, 0.2) is 0 Å². The number of rotatable bonds is 4. The molecule has 9 heteroatoms. The molecule has 1 fully saturated rings. The molecule has 43 heavy (non-hydrogen) atoms. The number of fused-ring (bicyclic) bond motifs is 4. The monoisotopic (exact) mass is 575 g/mol. The molecule has 3 N–H and O–H groups in total. The summed E-state index contributed by atoms with van der Waals surface area (Å²) in [4.78, 5) is 32.7. The van der Waals surface area contributed by atoms with Crippen molar-refractivity contribution in [3.8, 4) is 0 Å². The SMILES string of the molecule is C=C1[C@H](NC(=O)N2CCC(N3Cc4ccccc4NC3=O)CC2)Cc2ccc3[nH]ncc3c2CN1[C@@H](C)c1ccccc1. The average molecular weight is 576 g/mol. The Hall–Kier alpha value is -4.79. The normalized spacial score (nSPS) is 19.8. The van der Waals surface area contributed by atoms with Gasteiger partial charge in [0, 0.05) is 49.0 Å². The lowest BCUT2D eigenvalue weighted by Crippen LogP contribution is -2.54. The van der Waals surface area contributed by atoms with Gasteiger partial charge in [-0.05, 0) is 60.6 Å². The first kappa shape index (κ1) is 27.1. The molecule has 3 aliphatic heterocycles. The van der Waals surface area contributed by atoms with Crippen LogP contribution < -0.4 is 10.6 Å². The number of benzene rings is 3. The van der Waals surface area contributed by atoms with Gasteiger partial charge in [-0.2, -0.15) is 5.10 Å². The van der Waals surface area contributed by atoms with Gasteiger partial charge < -0.3 is 25.3 Å². The standard InChI is InChI=1S/C34H37N7O2/c1-22(24-8-4-3-5-9-24)40-21-29-25(12-13-31-28(29)19-35-38-31)18-32(23(40)2)37-33(42)39-16-14-27(15-17-39)41-20-26-10-6-7-11-30(26)36-34(41)43/h3-13,19,22,27,32H,2,14-18,20-21H2,1H3,(H,35,38)(H,36,43)(H,37,42)/t22-,32+/m0/s1. The van der Waals surface area contributed by atoms with E-state index in [1.807, 2.05) is 40.3 Å². The zero-order valence-electron chi connectivity index (χ0n) is 24.4. The van der Waals surface area contributed by atoms with E-state index in [1.165, 1.54) is 16.7 Å². The number of hydrogen-bond donors (Lipinski definition) is 3. The first-order valence-corrected chi connectivity index (χ1v) is 15.1. The van der Waals surface area contributed by atoms with Crippen molar-refractivity contribution in [2.24, 2.45) is 0 Å². The highest BCUT2D eigenvalue weighted by molar-refractivity contribution is 5.92. The van der Waals surface area contributed by atoms with Gasteiger partial charge in [0.2, 0.25) is 0 Å². The second kappa shape index (κ2) is 11.1. The number of H-pyrrole nitrogens is 1. The van der Waals surface area contributed by atoms with Crippen LogP contribution in [0.1, 0.15) is 48.1 Å². The fraction of sp³-hybridized carbons (Fsp3) is 0.324. The van der Waals surface area contributed by atoms with Crippen LogP contribution in [0, 0.1) is 0 Å². The number of para-hydroxylation sites is 1. The molecule has 1 aromatic heterocycles. The number of hydrogen-bond acceptors (Lipinski definition) is 4. The number of piperidine rings is 1. The van der Waals surface area contributed by atoms with Crippen molar-refractivity contribution in [2.45, 2.75) is 57.4 Å². The lowest BCUT2D eigenvalue weighted by Gasteiger charge is -2.41. The predicted octanol–water partition coefficient (Wildman–Crippen LogP) is 5.79. The van der Waals surface area contributed by atoms with E-state index in [0.29, 0.717) is 32.6 Å². The number of carbonyl (C=O) groups excluding carboxylic acids is 2. The van der Waals surface area contributed by atoms with E-state index in [2.05, 4.69) is 81.7 Å². The quantitative estimate of drug-likeness (QED) is 0.287. The number of likely N-dealkylation sites (tertiary alicyclic amines) is 1. The van der Waals surface area contributed by atoms with Gasteiger partial charge in [-0.3, -0.25) is 5.10 Å². The van der Waals surface area contributed by atoms with Crippen LogP contribution in [0.4, 0.5) is 15.3 Å². The lowest BCUT2D eigenvalue weighted by atomic mass is 9.98. The summed E-state index contributed by atoms with van der Waals surface area (Å²) in [6.07, 6.45) is 4.04. The summed E-state index contributed by atoms with van der Waals surface area (Å²) >= 11 is 0. The summed E-state index contributed by atoms with van der Waals surface area (Å²) in [5.74, 6) is 0. The summed E-state index contributed by atoms with van der Waals surface area (Å²) in [6, 6.07) is 22.3. The van der Waals surface area contributed by atoms with Crippen LogP contribution in [0.25, 0.3) is 10.9 Å². The molecule has 1 saturated heterocycles. The number of aromatic amines is 1. The molecule has 4 heterocycles. The first-order chi connectivity index (χ1) is 21.0. The van der Waals surface area contributed by atoms with E-state index in [1.54, 1.807) is 0 Å². The topological polar surface area (TPSA) is 96.6 Å². The Labute approximate surface area is 251 Å². The summed E-state index contributed by atoms with van der Waals surface area (Å²) in [6.45, 7) is 9.21. The fourth-order valence-electron chi connectivity index (χ4n) is 6.88. The van der Waals surface area contributed by atoms with Gasteiger partial charge in [-0.1, -0.05) is 61.2 Å². The smallest absolute Gasteiger partial charge is 0.322 e. The van der Waals surface area contributed by atoms with Crippen molar-refractivity contribution in [3.05, 3.63) is 107 Å². The summed E-state index contributed by atoms with van der Waals surface area (Å²) in [7, 11) is 0. The van der Waals surface area contributed by atoms with Crippen LogP contribution in [0.2, 0.25) is 0 Å². The number of nitrogens with one attached hydrogen (secondary N) is 3. The second-order valence-electron chi connectivity index (χ2n) is 11.9. The van der Waals surface area contributed by atoms with Crippen LogP contribution in [0.3, 0.4) is 0 Å². The molecule has 0 spiro atoms. The van der Waals surface area contributed by atoms with Crippen molar-refractivity contribution in [1.29, 1.82) is 0 Å². The first-order valence-electron chi connectivity index (χ1n) is 15.1. The molecule has 4 aromatic rings. The molecule has 0 unspecified atom stereocenters. The average Bonchev–Trinajstić information content (AvgIpc) is 3.47. The summed E-state index contributed by atoms with van der Waals surface area (Å²) < 4.78 is 0. The molecule has 9 nitrogen and oxygen atoms in total. The molecular weight excluding hydrogens is 538 g/mol. The lowest BCUT2D eigenvalue weighted by molar-refractivity contribution is 0.126. The second-order valence-corrected chi connectivity index (χ2v) is 11.9. The number of nitrogens with zero attached hydrogens (tertiary/aromatic N) is 4. The van der Waals surface area contributed by atoms with Crippen molar-refractivity contribution >= 4 is 28.7 Å². The number of amides is 4. The summed E-state index contributed by atoms with van der Waals surface area (Å²) in [5, 5.41) is 14.9. The van der Waals surface area contributed by atoms with Crippen molar-refractivity contribution in [3.63, 3.8) is 0 Å². The Bertz CT molecular complexity index is 1670. The van der Waals surface area contributed by atoms with Crippen LogP contribution in [-0.2, 0) is 19.5 Å². The minimum Gasteiger partial charge on any atom is -0.362 e. The van der Waals surface area contributed by atoms with Gasteiger partial charge in [0.1, 0.15) is 0 Å². The highest BCUT2D eigenvalue weighted by atomic mass is 16.2. The number of urea groups is 2. The number of anilines is 1. The van der Waals surface area contributed by atoms with Crippen LogP contribution in [-0.4, -0.2) is 62.1 Å². The van der Waals surface area contributed by atoms with Gasteiger partial charge in [-0.25, -0.2) is 9.59 Å². The third-order valence-corrected chi connectivity index (χ3v) is 9.46. The van der Waals surface area contributed by atoms with Gasteiger partial charge >= 0.3 is 12.1 Å². The highest BCUT2D eigenvalue weighted by Gasteiger charge is 2.35. The third-order valence-electron chi connectivity index (χ3n) is 9.46. The minimum absolute atomic E-state index is 0.0608. The van der Waals surface area contributed by atoms with E-state index >= 15 is 0 Å². The van der Waals surface area contributed by atoms with E-state index in [4.69, 9.17) is 0 Å². The van der Waals surface area contributed by atoms with E-state index < -0.39 is 0 Å². The molecule has 3 aromatic carbocycles. The van der Waals surface area contributed by atoms with E-state index in [-0.39, 0.29) is 30.2 Å². The minimum atomic E-state index is -0.258. The Morgan fingerprint density at radius 2 is 1.77 bits per heavy atom. The highest BCUT2D eigenvalue weighted by Crippen LogP contribution is 2.35. The van der Waals surface area contributed by atoms with Gasteiger partial charge in [0.25, 0.3) is 0 Å². The molecular formula is C34H37N7O2. The van der Waals surface area contributed by atoms with Crippen molar-refractivity contribution < 1.29 is 9.59 Å². The molecule has 0 aliphatic carbocycles. The maximum atomic E-state index is 13.7. The largest absolute Gasteiger partial charge is 0.362 e. The van der Waals surface area contributed by atoms with Crippen molar-refractivity contribution in [1.82, 2.24) is 30.2 Å². The zero-order valence-corrected chi connectivity index (χ0v) is 24.4. The maximum absolute atomic E-state index is 13.7. The molecule has 0 radical (unpaired) electrons. The van der Waals surface area contributed by atoms with Crippen LogP contribution in [0.5, 0.6) is 0 Å².